The van der Waals surface area contributed by atoms with Gasteiger partial charge in [-0.2, -0.15) is 5.26 Å². The minimum Gasteiger partial charge on any atom is -0.382 e. The third-order valence-corrected chi connectivity index (χ3v) is 3.02. The van der Waals surface area contributed by atoms with Gasteiger partial charge in [0.2, 0.25) is 0 Å². The van der Waals surface area contributed by atoms with E-state index in [1.807, 2.05) is 36.5 Å². The lowest BCUT2D eigenvalue weighted by atomic mass is 10.1. The predicted octanol–water partition coefficient (Wildman–Crippen LogP) is 2.52. The molecule has 1 aliphatic rings. The first-order valence-electron chi connectivity index (χ1n) is 5.84. The lowest BCUT2D eigenvalue weighted by Gasteiger charge is -2.31. The number of anilines is 3. The molecular formula is C14H12N4. The molecule has 2 heterocycles. The standard InChI is InChI=1S/C14H12N4/c15-9-11-3-4-14-13(8-11)17-6-7-18(14)12-2-1-5-16-10-12/h1-5,8,10,17H,6-7H2. The van der Waals surface area contributed by atoms with Gasteiger partial charge in [0, 0.05) is 19.3 Å². The van der Waals surface area contributed by atoms with Gasteiger partial charge in [0.1, 0.15) is 0 Å². The molecule has 0 amide bonds. The van der Waals surface area contributed by atoms with E-state index in [2.05, 4.69) is 21.3 Å². The number of benzene rings is 1. The fourth-order valence-electron chi connectivity index (χ4n) is 2.19. The van der Waals surface area contributed by atoms with Crippen LogP contribution in [0.1, 0.15) is 5.56 Å². The fourth-order valence-corrected chi connectivity index (χ4v) is 2.19. The van der Waals surface area contributed by atoms with E-state index in [1.165, 1.54) is 0 Å². The quantitative estimate of drug-likeness (QED) is 0.826. The Morgan fingerprint density at radius 2 is 2.28 bits per heavy atom. The number of pyridine rings is 1. The third-order valence-electron chi connectivity index (χ3n) is 3.02. The number of hydrogen-bond donors (Lipinski definition) is 1. The zero-order valence-electron chi connectivity index (χ0n) is 9.80. The van der Waals surface area contributed by atoms with Gasteiger partial charge >= 0.3 is 0 Å². The highest BCUT2D eigenvalue weighted by molar-refractivity contribution is 5.79. The van der Waals surface area contributed by atoms with Crippen molar-refractivity contribution in [2.75, 3.05) is 23.3 Å². The summed E-state index contributed by atoms with van der Waals surface area (Å²) < 4.78 is 0. The van der Waals surface area contributed by atoms with Crippen LogP contribution in [0.25, 0.3) is 0 Å². The molecule has 2 aromatic rings. The number of hydrogen-bond acceptors (Lipinski definition) is 4. The zero-order valence-corrected chi connectivity index (χ0v) is 9.80. The van der Waals surface area contributed by atoms with Crippen LogP contribution < -0.4 is 10.2 Å². The molecule has 18 heavy (non-hydrogen) atoms. The van der Waals surface area contributed by atoms with Gasteiger partial charge in [0.15, 0.2) is 0 Å². The molecule has 0 atom stereocenters. The Kier molecular flexibility index (Phi) is 2.58. The van der Waals surface area contributed by atoms with Gasteiger partial charge in [-0.3, -0.25) is 4.98 Å². The minimum atomic E-state index is 0.675. The molecule has 1 aromatic heterocycles. The van der Waals surface area contributed by atoms with Crippen molar-refractivity contribution in [2.45, 2.75) is 0 Å². The molecular weight excluding hydrogens is 224 g/mol. The SMILES string of the molecule is N#Cc1ccc2c(c1)NCCN2c1cccnc1. The molecule has 4 nitrogen and oxygen atoms in total. The number of nitriles is 1. The third kappa shape index (κ3) is 1.76. The van der Waals surface area contributed by atoms with Crippen LogP contribution >= 0.6 is 0 Å². The molecule has 0 radical (unpaired) electrons. The molecule has 1 aromatic carbocycles. The smallest absolute Gasteiger partial charge is 0.0992 e. The van der Waals surface area contributed by atoms with Crippen LogP contribution in [0.15, 0.2) is 42.7 Å². The lowest BCUT2D eigenvalue weighted by Crippen LogP contribution is -2.30. The number of fused-ring (bicyclic) bond motifs is 1. The minimum absolute atomic E-state index is 0.675. The second-order valence-electron chi connectivity index (χ2n) is 4.13. The van der Waals surface area contributed by atoms with Gasteiger partial charge in [0.05, 0.1) is 34.9 Å². The van der Waals surface area contributed by atoms with E-state index in [0.29, 0.717) is 5.56 Å². The molecule has 1 aliphatic heterocycles. The summed E-state index contributed by atoms with van der Waals surface area (Å²) in [5.74, 6) is 0. The van der Waals surface area contributed by atoms with Crippen molar-refractivity contribution in [3.05, 3.63) is 48.3 Å². The summed E-state index contributed by atoms with van der Waals surface area (Å²) in [5.41, 5.74) is 3.84. The van der Waals surface area contributed by atoms with Crippen LogP contribution in [-0.4, -0.2) is 18.1 Å². The van der Waals surface area contributed by atoms with Crippen molar-refractivity contribution in [1.82, 2.24) is 4.98 Å². The molecule has 4 heteroatoms. The molecule has 88 valence electrons. The van der Waals surface area contributed by atoms with Crippen molar-refractivity contribution < 1.29 is 0 Å². The topological polar surface area (TPSA) is 52.0 Å². The summed E-state index contributed by atoms with van der Waals surface area (Å²) in [4.78, 5) is 6.36. The average molecular weight is 236 g/mol. The average Bonchev–Trinajstić information content (AvgIpc) is 2.47. The van der Waals surface area contributed by atoms with E-state index < -0.39 is 0 Å². The first-order chi connectivity index (χ1) is 8.88. The monoisotopic (exact) mass is 236 g/mol. The first kappa shape index (κ1) is 10.6. The van der Waals surface area contributed by atoms with Gasteiger partial charge < -0.3 is 10.2 Å². The molecule has 0 bridgehead atoms. The number of nitrogens with zero attached hydrogens (tertiary/aromatic N) is 3. The van der Waals surface area contributed by atoms with Gasteiger partial charge in [-0.15, -0.1) is 0 Å². The maximum Gasteiger partial charge on any atom is 0.0992 e. The Balaban J connectivity index is 2.05. The summed E-state index contributed by atoms with van der Waals surface area (Å²) in [6.45, 7) is 1.75. The van der Waals surface area contributed by atoms with Gasteiger partial charge in [-0.25, -0.2) is 0 Å². The predicted molar refractivity (Wildman–Crippen MR) is 70.9 cm³/mol. The van der Waals surface area contributed by atoms with Crippen molar-refractivity contribution in [3.8, 4) is 6.07 Å². The van der Waals surface area contributed by atoms with E-state index in [1.54, 1.807) is 6.20 Å². The van der Waals surface area contributed by atoms with Crippen LogP contribution in [0.2, 0.25) is 0 Å². The molecule has 0 unspecified atom stereocenters. The summed E-state index contributed by atoms with van der Waals surface area (Å²) in [7, 11) is 0. The van der Waals surface area contributed by atoms with Crippen LogP contribution in [-0.2, 0) is 0 Å². The number of rotatable bonds is 1. The highest BCUT2D eigenvalue weighted by atomic mass is 15.2. The summed E-state index contributed by atoms with van der Waals surface area (Å²) in [6.07, 6.45) is 3.62. The highest BCUT2D eigenvalue weighted by Gasteiger charge is 2.18. The molecule has 3 rings (SSSR count). The summed E-state index contributed by atoms with van der Waals surface area (Å²) >= 11 is 0. The van der Waals surface area contributed by atoms with E-state index in [9.17, 15) is 0 Å². The fraction of sp³-hybridized carbons (Fsp3) is 0.143. The Labute approximate surface area is 105 Å². The van der Waals surface area contributed by atoms with Crippen LogP contribution in [0.5, 0.6) is 0 Å². The Bertz CT molecular complexity index is 601. The van der Waals surface area contributed by atoms with Crippen LogP contribution in [0.3, 0.4) is 0 Å². The molecule has 0 aliphatic carbocycles. The highest BCUT2D eigenvalue weighted by Crippen LogP contribution is 2.34. The maximum absolute atomic E-state index is 8.92. The molecule has 0 spiro atoms. The van der Waals surface area contributed by atoms with Gasteiger partial charge in [-0.1, -0.05) is 0 Å². The lowest BCUT2D eigenvalue weighted by molar-refractivity contribution is 0.923. The Morgan fingerprint density at radius 1 is 1.33 bits per heavy atom. The summed E-state index contributed by atoms with van der Waals surface area (Å²) in [5, 5.41) is 12.2. The zero-order chi connectivity index (χ0) is 12.4. The normalized spacial score (nSPS) is 13.4. The van der Waals surface area contributed by atoms with Gasteiger partial charge in [-0.05, 0) is 30.3 Å². The molecule has 0 saturated carbocycles. The number of aromatic nitrogens is 1. The van der Waals surface area contributed by atoms with Crippen molar-refractivity contribution in [2.24, 2.45) is 0 Å². The van der Waals surface area contributed by atoms with E-state index in [-0.39, 0.29) is 0 Å². The molecule has 1 N–H and O–H groups in total. The Hall–Kier alpha value is -2.54. The second-order valence-corrected chi connectivity index (χ2v) is 4.13. The van der Waals surface area contributed by atoms with Crippen molar-refractivity contribution in [3.63, 3.8) is 0 Å². The first-order valence-corrected chi connectivity index (χ1v) is 5.84. The van der Waals surface area contributed by atoms with Crippen LogP contribution in [0, 0.1) is 11.3 Å². The molecule has 0 saturated heterocycles. The Morgan fingerprint density at radius 3 is 3.06 bits per heavy atom. The number of nitrogens with one attached hydrogen (secondary N) is 1. The van der Waals surface area contributed by atoms with Gasteiger partial charge in [0.25, 0.3) is 0 Å². The van der Waals surface area contributed by atoms with Crippen LogP contribution in [0.4, 0.5) is 17.1 Å². The van der Waals surface area contributed by atoms with E-state index in [4.69, 9.17) is 5.26 Å². The van der Waals surface area contributed by atoms with Crippen molar-refractivity contribution in [1.29, 1.82) is 5.26 Å². The van der Waals surface area contributed by atoms with E-state index >= 15 is 0 Å². The second kappa shape index (κ2) is 4.38. The summed E-state index contributed by atoms with van der Waals surface area (Å²) in [6, 6.07) is 11.8. The molecule has 0 fully saturated rings. The van der Waals surface area contributed by atoms with E-state index in [0.717, 1.165) is 30.2 Å². The van der Waals surface area contributed by atoms with Crippen molar-refractivity contribution >= 4 is 17.1 Å². The largest absolute Gasteiger partial charge is 0.382 e. The maximum atomic E-state index is 8.92.